The van der Waals surface area contributed by atoms with Crippen LogP contribution in [0.5, 0.6) is 0 Å². The van der Waals surface area contributed by atoms with Crippen molar-refractivity contribution < 1.29 is 9.47 Å². The third kappa shape index (κ3) is 5.69. The first kappa shape index (κ1) is 10.3. The summed E-state index contributed by atoms with van der Waals surface area (Å²) in [5.41, 5.74) is 10.5. The van der Waals surface area contributed by atoms with Crippen molar-refractivity contribution in [3.05, 3.63) is 11.9 Å². The number of ether oxygens (including phenoxy) is 2. The second-order valence-corrected chi connectivity index (χ2v) is 1.95. The highest BCUT2D eigenvalue weighted by Crippen LogP contribution is 1.96. The molecule has 0 spiro atoms. The molecule has 4 N–H and O–H groups in total. The first-order chi connectivity index (χ1) is 5.20. The lowest BCUT2D eigenvalue weighted by molar-refractivity contribution is -0.104. The predicted octanol–water partition coefficient (Wildman–Crippen LogP) is 0.144. The molecule has 0 bridgehead atoms. The topological polar surface area (TPSA) is 70.5 Å². The highest BCUT2D eigenvalue weighted by atomic mass is 16.7. The van der Waals surface area contributed by atoms with Gasteiger partial charge >= 0.3 is 0 Å². The summed E-state index contributed by atoms with van der Waals surface area (Å²) in [6.45, 7) is 4.92. The molecule has 0 aromatic carbocycles. The van der Waals surface area contributed by atoms with Crippen LogP contribution in [0.15, 0.2) is 11.9 Å². The van der Waals surface area contributed by atoms with Crippen LogP contribution in [0.1, 0.15) is 13.8 Å². The van der Waals surface area contributed by atoms with Gasteiger partial charge in [0.15, 0.2) is 6.29 Å². The fraction of sp³-hybridized carbons (Fsp3) is 0.714. The van der Waals surface area contributed by atoms with Gasteiger partial charge in [-0.05, 0) is 13.8 Å². The van der Waals surface area contributed by atoms with E-state index in [0.29, 0.717) is 13.2 Å². The van der Waals surface area contributed by atoms with Crippen molar-refractivity contribution in [1.29, 1.82) is 0 Å². The van der Waals surface area contributed by atoms with Crippen LogP contribution in [0.4, 0.5) is 0 Å². The SMILES string of the molecule is CCOC(C=C(N)N)OCC. The summed E-state index contributed by atoms with van der Waals surface area (Å²) in [4.78, 5) is 0. The number of rotatable bonds is 5. The van der Waals surface area contributed by atoms with Crippen LogP contribution in [0.25, 0.3) is 0 Å². The highest BCUT2D eigenvalue weighted by Gasteiger charge is 2.02. The van der Waals surface area contributed by atoms with E-state index < -0.39 is 6.29 Å². The van der Waals surface area contributed by atoms with Gasteiger partial charge in [0.05, 0.1) is 5.82 Å². The zero-order chi connectivity index (χ0) is 8.69. The minimum absolute atomic E-state index is 0.219. The molecule has 0 fully saturated rings. The molecule has 4 nitrogen and oxygen atoms in total. The molecular weight excluding hydrogens is 144 g/mol. The summed E-state index contributed by atoms with van der Waals surface area (Å²) in [7, 11) is 0. The van der Waals surface area contributed by atoms with Crippen LogP contribution in [0.3, 0.4) is 0 Å². The predicted molar refractivity (Wildman–Crippen MR) is 43.5 cm³/mol. The van der Waals surface area contributed by atoms with Gasteiger partial charge < -0.3 is 20.9 Å². The molecule has 0 aromatic rings. The molecule has 66 valence electrons. The number of hydrogen-bond acceptors (Lipinski definition) is 4. The minimum Gasteiger partial charge on any atom is -0.386 e. The molecule has 0 heterocycles. The van der Waals surface area contributed by atoms with Crippen molar-refractivity contribution in [2.24, 2.45) is 11.5 Å². The van der Waals surface area contributed by atoms with E-state index in [1.54, 1.807) is 0 Å². The van der Waals surface area contributed by atoms with Gasteiger partial charge in [-0.3, -0.25) is 0 Å². The summed E-state index contributed by atoms with van der Waals surface area (Å²) in [5, 5.41) is 0. The van der Waals surface area contributed by atoms with Gasteiger partial charge in [0.25, 0.3) is 0 Å². The summed E-state index contributed by atoms with van der Waals surface area (Å²) >= 11 is 0. The third-order valence-corrected chi connectivity index (χ3v) is 0.990. The molecule has 0 amide bonds. The van der Waals surface area contributed by atoms with Crippen LogP contribution in [-0.4, -0.2) is 19.5 Å². The Morgan fingerprint density at radius 3 is 2.00 bits per heavy atom. The molecule has 0 saturated carbocycles. The average molecular weight is 160 g/mol. The molecule has 0 radical (unpaired) electrons. The maximum absolute atomic E-state index is 5.23. The van der Waals surface area contributed by atoms with Crippen LogP contribution >= 0.6 is 0 Å². The van der Waals surface area contributed by atoms with Gasteiger partial charge in [-0.1, -0.05) is 0 Å². The van der Waals surface area contributed by atoms with Gasteiger partial charge in [0.1, 0.15) is 0 Å². The second-order valence-electron chi connectivity index (χ2n) is 1.95. The molecule has 0 aromatic heterocycles. The van der Waals surface area contributed by atoms with Gasteiger partial charge in [-0.2, -0.15) is 0 Å². The Kier molecular flexibility index (Phi) is 5.60. The molecule has 0 rings (SSSR count). The van der Waals surface area contributed by atoms with Crippen LogP contribution in [-0.2, 0) is 9.47 Å². The lowest BCUT2D eigenvalue weighted by Gasteiger charge is -2.12. The highest BCUT2D eigenvalue weighted by molar-refractivity contribution is 4.92. The average Bonchev–Trinajstić information content (AvgIpc) is 1.87. The molecule has 0 aliphatic rings. The van der Waals surface area contributed by atoms with Crippen LogP contribution in [0, 0.1) is 0 Å². The zero-order valence-corrected chi connectivity index (χ0v) is 7.04. The van der Waals surface area contributed by atoms with Crippen LogP contribution < -0.4 is 11.5 Å². The fourth-order valence-corrected chi connectivity index (χ4v) is 0.630. The summed E-state index contributed by atoms with van der Waals surface area (Å²) in [5.74, 6) is 0.219. The molecular formula is C7H16N2O2. The number of nitrogens with two attached hydrogens (primary N) is 2. The van der Waals surface area contributed by atoms with Gasteiger partial charge in [0.2, 0.25) is 0 Å². The Hall–Kier alpha value is -0.740. The lowest BCUT2D eigenvalue weighted by Crippen LogP contribution is -2.19. The molecule has 0 aliphatic heterocycles. The largest absolute Gasteiger partial charge is 0.386 e. The minimum atomic E-state index is -0.407. The fourth-order valence-electron chi connectivity index (χ4n) is 0.630. The van der Waals surface area contributed by atoms with E-state index in [9.17, 15) is 0 Å². The Bertz CT molecular complexity index is 116. The van der Waals surface area contributed by atoms with Crippen molar-refractivity contribution in [3.63, 3.8) is 0 Å². The van der Waals surface area contributed by atoms with Crippen molar-refractivity contribution in [1.82, 2.24) is 0 Å². The molecule has 0 atom stereocenters. The standard InChI is InChI=1S/C7H16N2O2/c1-3-10-7(11-4-2)5-6(8)9/h5,7H,3-4,8-9H2,1-2H3. The van der Waals surface area contributed by atoms with E-state index in [-0.39, 0.29) is 5.82 Å². The van der Waals surface area contributed by atoms with Gasteiger partial charge in [-0.25, -0.2) is 0 Å². The maximum Gasteiger partial charge on any atom is 0.180 e. The van der Waals surface area contributed by atoms with Crippen LogP contribution in [0.2, 0.25) is 0 Å². The Labute approximate surface area is 67.1 Å². The van der Waals surface area contributed by atoms with Gasteiger partial charge in [0, 0.05) is 19.3 Å². The van der Waals surface area contributed by atoms with E-state index in [2.05, 4.69) is 0 Å². The molecule has 4 heteroatoms. The Morgan fingerprint density at radius 2 is 1.73 bits per heavy atom. The quantitative estimate of drug-likeness (QED) is 0.561. The van der Waals surface area contributed by atoms with Gasteiger partial charge in [-0.15, -0.1) is 0 Å². The van der Waals surface area contributed by atoms with E-state index in [1.165, 1.54) is 6.08 Å². The molecule has 0 aliphatic carbocycles. The maximum atomic E-state index is 5.23. The Morgan fingerprint density at radius 1 is 1.27 bits per heavy atom. The first-order valence-electron chi connectivity index (χ1n) is 3.66. The van der Waals surface area contributed by atoms with Crippen molar-refractivity contribution in [2.75, 3.05) is 13.2 Å². The van der Waals surface area contributed by atoms with Crippen molar-refractivity contribution in [3.8, 4) is 0 Å². The molecule has 0 unspecified atom stereocenters. The normalized spacial score (nSPS) is 10.1. The zero-order valence-electron chi connectivity index (χ0n) is 7.04. The summed E-state index contributed by atoms with van der Waals surface area (Å²) in [6.07, 6.45) is 1.13. The van der Waals surface area contributed by atoms with Crippen molar-refractivity contribution >= 4 is 0 Å². The van der Waals surface area contributed by atoms with E-state index >= 15 is 0 Å². The smallest absolute Gasteiger partial charge is 0.180 e. The van der Waals surface area contributed by atoms with E-state index in [0.717, 1.165) is 0 Å². The summed E-state index contributed by atoms with van der Waals surface area (Å²) < 4.78 is 10.3. The van der Waals surface area contributed by atoms with E-state index in [1.807, 2.05) is 13.8 Å². The Balaban J connectivity index is 3.78. The number of hydrogen-bond donors (Lipinski definition) is 2. The van der Waals surface area contributed by atoms with E-state index in [4.69, 9.17) is 20.9 Å². The lowest BCUT2D eigenvalue weighted by atomic mass is 10.5. The van der Waals surface area contributed by atoms with Crippen molar-refractivity contribution in [2.45, 2.75) is 20.1 Å². The monoisotopic (exact) mass is 160 g/mol. The second kappa shape index (κ2) is 6.00. The molecule has 0 saturated heterocycles. The first-order valence-corrected chi connectivity index (χ1v) is 3.66. The molecule has 11 heavy (non-hydrogen) atoms. The summed E-state index contributed by atoms with van der Waals surface area (Å²) in [6, 6.07) is 0. The third-order valence-electron chi connectivity index (χ3n) is 0.990.